The minimum Gasteiger partial charge on any atom is -0.368 e. The van der Waals surface area contributed by atoms with Gasteiger partial charge in [-0.2, -0.15) is 0 Å². The van der Waals surface area contributed by atoms with E-state index in [0.29, 0.717) is 0 Å². The van der Waals surface area contributed by atoms with Crippen molar-refractivity contribution in [1.82, 2.24) is 20.2 Å². The maximum absolute atomic E-state index is 7.59. The molecular weight excluding hydrogens is 364 g/mol. The third-order valence-electron chi connectivity index (χ3n) is 5.41. The number of fused-ring (bicyclic) bond motifs is 1. The summed E-state index contributed by atoms with van der Waals surface area (Å²) in [6, 6.07) is 10.5. The number of hydrogen-bond donors (Lipinski definition) is 3. The minimum atomic E-state index is -0.0556. The highest BCUT2D eigenvalue weighted by molar-refractivity contribution is 5.82. The van der Waals surface area contributed by atoms with Crippen LogP contribution < -0.4 is 11.1 Å². The second kappa shape index (κ2) is 9.15. The summed E-state index contributed by atoms with van der Waals surface area (Å²) >= 11 is 0. The summed E-state index contributed by atoms with van der Waals surface area (Å²) in [7, 11) is 0. The van der Waals surface area contributed by atoms with E-state index < -0.39 is 0 Å². The molecule has 2 aliphatic rings. The summed E-state index contributed by atoms with van der Waals surface area (Å²) < 4.78 is 5.82. The van der Waals surface area contributed by atoms with Crippen LogP contribution in [-0.4, -0.2) is 40.5 Å². The predicted molar refractivity (Wildman–Crippen MR) is 114 cm³/mol. The van der Waals surface area contributed by atoms with Crippen LogP contribution >= 0.6 is 0 Å². The van der Waals surface area contributed by atoms with Crippen LogP contribution in [0.3, 0.4) is 0 Å². The number of nitrogen functional groups attached to an aromatic ring is 1. The molecule has 1 aromatic heterocycles. The quantitative estimate of drug-likeness (QED) is 0.654. The standard InChI is InChI=1S/C22H28N6O/c23-11-9-18(25-20-8-4-5-13-29-20)21-17-10-12-28(14-16-6-2-1-3-7-16)15-19(17)26-22(24)27-21/h1-3,6-7,9,11,20,23,25H,4-5,8,10,12-15H2,(H2,24,26,27)/b18-9-,23-11?. The van der Waals surface area contributed by atoms with Crippen LogP contribution in [0.25, 0.3) is 5.70 Å². The van der Waals surface area contributed by atoms with E-state index in [2.05, 4.69) is 44.5 Å². The first-order valence-electron chi connectivity index (χ1n) is 10.2. The highest BCUT2D eigenvalue weighted by Crippen LogP contribution is 2.26. The number of benzene rings is 1. The van der Waals surface area contributed by atoms with Gasteiger partial charge >= 0.3 is 0 Å². The topological polar surface area (TPSA) is 100 Å². The lowest BCUT2D eigenvalue weighted by molar-refractivity contribution is 0.00526. The number of ether oxygens (including phenoxy) is 1. The van der Waals surface area contributed by atoms with E-state index >= 15 is 0 Å². The van der Waals surface area contributed by atoms with Crippen molar-refractivity contribution in [2.45, 2.75) is 45.0 Å². The van der Waals surface area contributed by atoms with Crippen molar-refractivity contribution in [2.24, 2.45) is 0 Å². The van der Waals surface area contributed by atoms with Crippen LogP contribution in [-0.2, 0) is 24.2 Å². The number of rotatable bonds is 6. The SMILES string of the molecule is N=C/C=C(\NC1CCCCO1)c1nc(N)nc2c1CCN(Cc1ccccc1)C2. The first-order valence-corrected chi connectivity index (χ1v) is 10.2. The van der Waals surface area contributed by atoms with E-state index in [0.717, 1.165) is 74.6 Å². The predicted octanol–water partition coefficient (Wildman–Crippen LogP) is 2.72. The highest BCUT2D eigenvalue weighted by Gasteiger charge is 2.25. The number of aromatic nitrogens is 2. The number of allylic oxidation sites excluding steroid dienone is 1. The lowest BCUT2D eigenvalue weighted by atomic mass is 10.00. The largest absolute Gasteiger partial charge is 0.368 e. The van der Waals surface area contributed by atoms with Gasteiger partial charge in [-0.3, -0.25) is 4.90 Å². The fraction of sp³-hybridized carbons (Fsp3) is 0.409. The van der Waals surface area contributed by atoms with Crippen molar-refractivity contribution in [3.8, 4) is 0 Å². The van der Waals surface area contributed by atoms with Crippen LogP contribution in [0.4, 0.5) is 5.95 Å². The Bertz CT molecular complexity index is 876. The normalized spacial score (nSPS) is 20.1. The van der Waals surface area contributed by atoms with Gasteiger partial charge in [-0.25, -0.2) is 9.97 Å². The molecule has 1 saturated heterocycles. The zero-order chi connectivity index (χ0) is 20.1. The molecule has 4 N–H and O–H groups in total. The van der Waals surface area contributed by atoms with Crippen molar-refractivity contribution < 1.29 is 4.74 Å². The first-order chi connectivity index (χ1) is 14.2. The van der Waals surface area contributed by atoms with Crippen molar-refractivity contribution >= 4 is 17.9 Å². The molecule has 3 heterocycles. The second-order valence-electron chi connectivity index (χ2n) is 7.55. The lowest BCUT2D eigenvalue weighted by Crippen LogP contribution is -2.36. The molecule has 0 radical (unpaired) electrons. The highest BCUT2D eigenvalue weighted by atomic mass is 16.5. The smallest absolute Gasteiger partial charge is 0.220 e. The van der Waals surface area contributed by atoms with Gasteiger partial charge in [0.25, 0.3) is 0 Å². The third kappa shape index (κ3) is 4.81. The molecule has 4 rings (SSSR count). The van der Waals surface area contributed by atoms with E-state index in [-0.39, 0.29) is 12.2 Å². The first kappa shape index (κ1) is 19.5. The Kier molecular flexibility index (Phi) is 6.17. The molecule has 0 spiro atoms. The Hall–Kier alpha value is -2.77. The molecule has 1 aromatic carbocycles. The number of nitrogens with one attached hydrogen (secondary N) is 2. The number of anilines is 1. The van der Waals surface area contributed by atoms with Gasteiger partial charge in [0.05, 0.1) is 17.1 Å². The molecule has 0 aliphatic carbocycles. The summed E-state index contributed by atoms with van der Waals surface area (Å²) in [4.78, 5) is 11.5. The molecule has 2 aromatic rings. The summed E-state index contributed by atoms with van der Waals surface area (Å²) in [5.74, 6) is 0.266. The fourth-order valence-corrected chi connectivity index (χ4v) is 4.01. The van der Waals surface area contributed by atoms with Gasteiger partial charge in [-0.05, 0) is 37.3 Å². The number of nitrogens with two attached hydrogens (primary N) is 1. The van der Waals surface area contributed by atoms with E-state index in [9.17, 15) is 0 Å². The summed E-state index contributed by atoms with van der Waals surface area (Å²) in [5, 5.41) is 11.0. The van der Waals surface area contributed by atoms with E-state index in [1.807, 2.05) is 6.07 Å². The summed E-state index contributed by atoms with van der Waals surface area (Å²) in [5.41, 5.74) is 11.0. The van der Waals surface area contributed by atoms with E-state index in [1.54, 1.807) is 6.08 Å². The van der Waals surface area contributed by atoms with E-state index in [1.165, 1.54) is 11.8 Å². The van der Waals surface area contributed by atoms with Crippen LogP contribution in [0.15, 0.2) is 36.4 Å². The minimum absolute atomic E-state index is 0.0556. The van der Waals surface area contributed by atoms with Crippen LogP contribution in [0.1, 0.15) is 41.8 Å². The number of nitrogens with zero attached hydrogens (tertiary/aromatic N) is 3. The van der Waals surface area contributed by atoms with Crippen molar-refractivity contribution in [2.75, 3.05) is 18.9 Å². The Balaban J connectivity index is 1.57. The third-order valence-corrected chi connectivity index (χ3v) is 5.41. The molecule has 29 heavy (non-hydrogen) atoms. The van der Waals surface area contributed by atoms with Crippen LogP contribution in [0.5, 0.6) is 0 Å². The zero-order valence-electron chi connectivity index (χ0n) is 16.6. The molecule has 7 nitrogen and oxygen atoms in total. The Morgan fingerprint density at radius 3 is 2.90 bits per heavy atom. The van der Waals surface area contributed by atoms with Gasteiger partial charge in [-0.1, -0.05) is 30.3 Å². The zero-order valence-corrected chi connectivity index (χ0v) is 16.6. The molecule has 1 fully saturated rings. The van der Waals surface area contributed by atoms with Crippen LogP contribution in [0.2, 0.25) is 0 Å². The molecule has 0 amide bonds. The summed E-state index contributed by atoms with van der Waals surface area (Å²) in [6.07, 6.45) is 6.98. The van der Waals surface area contributed by atoms with Crippen molar-refractivity contribution in [3.05, 3.63) is 58.9 Å². The maximum Gasteiger partial charge on any atom is 0.220 e. The average molecular weight is 393 g/mol. The van der Waals surface area contributed by atoms with Crippen LogP contribution in [0, 0.1) is 5.41 Å². The van der Waals surface area contributed by atoms with E-state index in [4.69, 9.17) is 15.9 Å². The molecule has 152 valence electrons. The molecule has 2 aliphatic heterocycles. The Morgan fingerprint density at radius 2 is 2.14 bits per heavy atom. The lowest BCUT2D eigenvalue weighted by Gasteiger charge is -2.31. The van der Waals surface area contributed by atoms with Gasteiger partial charge in [0, 0.05) is 38.0 Å². The van der Waals surface area contributed by atoms with Gasteiger partial charge < -0.3 is 21.2 Å². The molecule has 1 unspecified atom stereocenters. The van der Waals surface area contributed by atoms with Gasteiger partial charge in [-0.15, -0.1) is 0 Å². The maximum atomic E-state index is 7.59. The average Bonchev–Trinajstić information content (AvgIpc) is 2.74. The molecule has 0 bridgehead atoms. The Labute approximate surface area is 171 Å². The van der Waals surface area contributed by atoms with Gasteiger partial charge in [0.15, 0.2) is 0 Å². The molecule has 0 saturated carbocycles. The van der Waals surface area contributed by atoms with Gasteiger partial charge in [0.2, 0.25) is 5.95 Å². The Morgan fingerprint density at radius 1 is 1.28 bits per heavy atom. The number of hydrogen-bond acceptors (Lipinski definition) is 7. The monoisotopic (exact) mass is 392 g/mol. The second-order valence-corrected chi connectivity index (χ2v) is 7.55. The van der Waals surface area contributed by atoms with Gasteiger partial charge in [0.1, 0.15) is 6.23 Å². The fourth-order valence-electron chi connectivity index (χ4n) is 4.01. The van der Waals surface area contributed by atoms with Crippen molar-refractivity contribution in [3.63, 3.8) is 0 Å². The van der Waals surface area contributed by atoms with Crippen molar-refractivity contribution in [1.29, 1.82) is 5.41 Å². The molecular formula is C22H28N6O. The summed E-state index contributed by atoms with van der Waals surface area (Å²) in [6.45, 7) is 3.31. The molecule has 7 heteroatoms. The molecule has 1 atom stereocenters.